The van der Waals surface area contributed by atoms with Gasteiger partial charge in [-0.2, -0.15) is 13.2 Å². The lowest BCUT2D eigenvalue weighted by Crippen LogP contribution is -2.43. The van der Waals surface area contributed by atoms with E-state index in [-0.39, 0.29) is 17.1 Å². The molecule has 3 aromatic carbocycles. The number of carbonyl (C=O) groups is 1. The van der Waals surface area contributed by atoms with E-state index in [0.717, 1.165) is 44.0 Å². The summed E-state index contributed by atoms with van der Waals surface area (Å²) in [6.07, 6.45) is -2.94. The molecule has 1 saturated heterocycles. The fourth-order valence-electron chi connectivity index (χ4n) is 4.17. The molecule has 2 heterocycles. The van der Waals surface area contributed by atoms with Gasteiger partial charge in [-0.05, 0) is 42.5 Å². The Labute approximate surface area is 231 Å². The minimum atomic E-state index is -4.69. The van der Waals surface area contributed by atoms with Crippen LogP contribution in [0.1, 0.15) is 11.3 Å². The summed E-state index contributed by atoms with van der Waals surface area (Å²) in [5.41, 5.74) is 0.941. The molecule has 0 spiro atoms. The molecule has 4 aromatic rings. The number of hydrogen-bond donors (Lipinski definition) is 3. The van der Waals surface area contributed by atoms with Crippen LogP contribution in [-0.4, -0.2) is 47.1 Å². The largest absolute Gasteiger partial charge is 0.454 e. The van der Waals surface area contributed by atoms with Gasteiger partial charge in [-0.3, -0.25) is 9.88 Å². The second-order valence-corrected chi connectivity index (χ2v) is 9.46. The third-order valence-electron chi connectivity index (χ3n) is 6.11. The number of piperazine rings is 1. The average Bonchev–Trinajstić information content (AvgIpc) is 2.91. The van der Waals surface area contributed by atoms with E-state index in [9.17, 15) is 22.4 Å². The zero-order valence-electron chi connectivity index (χ0n) is 20.9. The number of hydrogen-bond acceptors (Lipinski definition) is 6. The van der Waals surface area contributed by atoms with Crippen LogP contribution in [0.25, 0.3) is 11.0 Å². The number of anilines is 2. The van der Waals surface area contributed by atoms with Crippen LogP contribution in [0.2, 0.25) is 5.02 Å². The highest BCUT2D eigenvalue weighted by Gasteiger charge is 2.33. The Kier molecular flexibility index (Phi) is 8.01. The first kappa shape index (κ1) is 27.6. The van der Waals surface area contributed by atoms with Crippen LogP contribution in [0, 0.1) is 5.82 Å². The highest BCUT2D eigenvalue weighted by Crippen LogP contribution is 2.36. The van der Waals surface area contributed by atoms with Crippen LogP contribution >= 0.6 is 11.6 Å². The molecule has 13 heteroatoms. The van der Waals surface area contributed by atoms with Crippen LogP contribution in [0.15, 0.2) is 60.8 Å². The maximum absolute atomic E-state index is 14.8. The van der Waals surface area contributed by atoms with E-state index in [0.29, 0.717) is 29.4 Å². The summed E-state index contributed by atoms with van der Waals surface area (Å²) in [4.78, 5) is 23.7. The predicted octanol–water partition coefficient (Wildman–Crippen LogP) is 6.28. The Balaban J connectivity index is 1.24. The fraction of sp³-hybridized carbons (Fsp3) is 0.222. The molecule has 0 saturated carbocycles. The Morgan fingerprint density at radius 1 is 1.00 bits per heavy atom. The Bertz CT molecular complexity index is 1550. The van der Waals surface area contributed by atoms with Gasteiger partial charge in [0.25, 0.3) is 0 Å². The third-order valence-corrected chi connectivity index (χ3v) is 6.44. The van der Waals surface area contributed by atoms with Crippen molar-refractivity contribution in [1.82, 2.24) is 20.2 Å². The quantitative estimate of drug-likeness (QED) is 0.235. The number of urea groups is 1. The van der Waals surface area contributed by atoms with Crippen LogP contribution in [0.3, 0.4) is 0 Å². The van der Waals surface area contributed by atoms with Crippen LogP contribution in [0.5, 0.6) is 11.5 Å². The zero-order valence-corrected chi connectivity index (χ0v) is 21.6. The van der Waals surface area contributed by atoms with Crippen molar-refractivity contribution in [2.24, 2.45) is 0 Å². The van der Waals surface area contributed by atoms with Gasteiger partial charge in [-0.25, -0.2) is 14.2 Å². The maximum atomic E-state index is 14.8. The van der Waals surface area contributed by atoms with E-state index in [2.05, 4.69) is 30.8 Å². The van der Waals surface area contributed by atoms with E-state index in [1.165, 1.54) is 18.2 Å². The first-order valence-electron chi connectivity index (χ1n) is 12.2. The van der Waals surface area contributed by atoms with Crippen molar-refractivity contribution in [2.45, 2.75) is 12.7 Å². The number of amides is 2. The van der Waals surface area contributed by atoms with E-state index in [1.807, 2.05) is 0 Å². The number of nitrogens with one attached hydrogen (secondary N) is 3. The molecule has 2 amide bonds. The molecule has 8 nitrogen and oxygen atoms in total. The van der Waals surface area contributed by atoms with Crippen molar-refractivity contribution < 1.29 is 27.1 Å². The number of rotatable bonds is 6. The molecule has 0 aliphatic carbocycles. The number of ether oxygens (including phenoxy) is 1. The molecule has 208 valence electrons. The summed E-state index contributed by atoms with van der Waals surface area (Å²) in [5.74, 6) is -0.508. The van der Waals surface area contributed by atoms with Crippen molar-refractivity contribution in [2.75, 3.05) is 36.8 Å². The van der Waals surface area contributed by atoms with E-state index in [4.69, 9.17) is 16.3 Å². The smallest absolute Gasteiger partial charge is 0.417 e. The number of carbonyl (C=O) groups excluding carboxylic acids is 1. The fourth-order valence-corrected chi connectivity index (χ4v) is 4.39. The van der Waals surface area contributed by atoms with Gasteiger partial charge in [0, 0.05) is 56.2 Å². The summed E-state index contributed by atoms with van der Waals surface area (Å²) in [5, 5.41) is 7.46. The molecule has 1 fully saturated rings. The third kappa shape index (κ3) is 6.76. The second-order valence-electron chi connectivity index (χ2n) is 9.06. The molecule has 1 aliphatic heterocycles. The number of aromatic nitrogens is 2. The molecule has 0 atom stereocenters. The van der Waals surface area contributed by atoms with Gasteiger partial charge in [0.2, 0.25) is 0 Å². The Morgan fingerprint density at radius 3 is 2.45 bits per heavy atom. The normalized spacial score (nSPS) is 14.2. The highest BCUT2D eigenvalue weighted by molar-refractivity contribution is 6.31. The van der Waals surface area contributed by atoms with Gasteiger partial charge < -0.3 is 20.7 Å². The highest BCUT2D eigenvalue weighted by atomic mass is 35.5. The minimum absolute atomic E-state index is 0.0642. The van der Waals surface area contributed by atoms with Gasteiger partial charge in [-0.15, -0.1) is 0 Å². The molecule has 0 radical (unpaired) electrons. The lowest BCUT2D eigenvalue weighted by Gasteiger charge is -2.26. The van der Waals surface area contributed by atoms with Gasteiger partial charge in [0.1, 0.15) is 5.75 Å². The second kappa shape index (κ2) is 11.6. The lowest BCUT2D eigenvalue weighted by atomic mass is 10.2. The van der Waals surface area contributed by atoms with Crippen LogP contribution in [0.4, 0.5) is 33.7 Å². The Hall–Kier alpha value is -4.00. The topological polar surface area (TPSA) is 91.4 Å². The standard InChI is InChI=1S/C27H23ClF4N6O2/c28-21-4-1-16(11-20(21)27(30,31)32)36-26(39)37-17-2-6-25(22(29)12-17)40-19-3-5-23-24(13-19)35-18(14-34-23)15-38-9-7-33-8-10-38/h1-6,11-14,33H,7-10,15H2,(H2,36,37,39). The number of benzene rings is 3. The van der Waals surface area contributed by atoms with Gasteiger partial charge >= 0.3 is 12.2 Å². The van der Waals surface area contributed by atoms with Gasteiger partial charge in [0.15, 0.2) is 11.6 Å². The summed E-state index contributed by atoms with van der Waals surface area (Å²) in [6.45, 7) is 4.38. The summed E-state index contributed by atoms with van der Waals surface area (Å²) >= 11 is 5.60. The van der Waals surface area contributed by atoms with Crippen molar-refractivity contribution in [3.05, 3.63) is 82.9 Å². The van der Waals surface area contributed by atoms with Crippen molar-refractivity contribution >= 4 is 40.0 Å². The molecule has 1 aliphatic rings. The number of alkyl halides is 3. The molecular formula is C27H23ClF4N6O2. The minimum Gasteiger partial charge on any atom is -0.454 e. The molecule has 0 bridgehead atoms. The SMILES string of the molecule is O=C(Nc1ccc(Oc2ccc3ncc(CN4CCNCC4)nc3c2)c(F)c1)Nc1ccc(Cl)c(C(F)(F)F)c1. The number of nitrogens with zero attached hydrogens (tertiary/aromatic N) is 3. The van der Waals surface area contributed by atoms with Gasteiger partial charge in [-0.1, -0.05) is 11.6 Å². The van der Waals surface area contributed by atoms with Crippen LogP contribution in [-0.2, 0) is 12.7 Å². The van der Waals surface area contributed by atoms with Gasteiger partial charge in [0.05, 0.1) is 33.5 Å². The van der Waals surface area contributed by atoms with Crippen LogP contribution < -0.4 is 20.7 Å². The summed E-state index contributed by atoms with van der Waals surface area (Å²) < 4.78 is 59.7. The van der Waals surface area contributed by atoms with E-state index in [1.54, 1.807) is 24.4 Å². The summed E-state index contributed by atoms with van der Waals surface area (Å²) in [7, 11) is 0. The first-order chi connectivity index (χ1) is 19.1. The van der Waals surface area contributed by atoms with Crippen molar-refractivity contribution in [1.29, 1.82) is 0 Å². The molecule has 0 unspecified atom stereocenters. The average molecular weight is 575 g/mol. The monoisotopic (exact) mass is 574 g/mol. The summed E-state index contributed by atoms with van der Waals surface area (Å²) in [6, 6.07) is 10.9. The van der Waals surface area contributed by atoms with Crippen molar-refractivity contribution in [3.63, 3.8) is 0 Å². The first-order valence-corrected chi connectivity index (χ1v) is 12.6. The molecule has 40 heavy (non-hydrogen) atoms. The molecule has 5 rings (SSSR count). The molecule has 3 N–H and O–H groups in total. The predicted molar refractivity (Wildman–Crippen MR) is 143 cm³/mol. The zero-order chi connectivity index (χ0) is 28.3. The maximum Gasteiger partial charge on any atom is 0.417 e. The molecule has 1 aromatic heterocycles. The number of halogens is 5. The van der Waals surface area contributed by atoms with E-state index < -0.39 is 28.6 Å². The van der Waals surface area contributed by atoms with Crippen molar-refractivity contribution in [3.8, 4) is 11.5 Å². The number of fused-ring (bicyclic) bond motifs is 1. The lowest BCUT2D eigenvalue weighted by molar-refractivity contribution is -0.137. The van der Waals surface area contributed by atoms with E-state index >= 15 is 0 Å². The Morgan fingerprint density at radius 2 is 1.73 bits per heavy atom. The molecular weight excluding hydrogens is 552 g/mol.